The molecule has 0 aliphatic carbocycles. The summed E-state index contributed by atoms with van der Waals surface area (Å²) in [6.07, 6.45) is 1.63. The third-order valence-electron chi connectivity index (χ3n) is 5.75. The van der Waals surface area contributed by atoms with Crippen LogP contribution in [0.3, 0.4) is 0 Å². The molecule has 1 amide bonds. The van der Waals surface area contributed by atoms with Crippen molar-refractivity contribution in [1.29, 1.82) is 5.26 Å². The highest BCUT2D eigenvalue weighted by atomic mass is 16.5. The van der Waals surface area contributed by atoms with Crippen molar-refractivity contribution in [2.24, 2.45) is 0 Å². The van der Waals surface area contributed by atoms with E-state index in [1.807, 2.05) is 13.8 Å². The summed E-state index contributed by atoms with van der Waals surface area (Å²) in [5, 5.41) is 17.5. The molecule has 0 unspecified atom stereocenters. The van der Waals surface area contributed by atoms with E-state index in [9.17, 15) is 10.1 Å². The lowest BCUT2D eigenvalue weighted by Gasteiger charge is -2.44. The zero-order valence-corrected chi connectivity index (χ0v) is 16.7. The van der Waals surface area contributed by atoms with E-state index in [-0.39, 0.29) is 5.91 Å². The number of hydrazine groups is 1. The van der Waals surface area contributed by atoms with Gasteiger partial charge in [0.2, 0.25) is 5.91 Å². The Morgan fingerprint density at radius 1 is 1.11 bits per heavy atom. The fourth-order valence-corrected chi connectivity index (χ4v) is 4.22. The quantitative estimate of drug-likeness (QED) is 0.876. The highest BCUT2D eigenvalue weighted by molar-refractivity contribution is 5.80. The average Bonchev–Trinajstić information content (AvgIpc) is 2.66. The number of nitriles is 1. The molecule has 1 aromatic rings. The maximum Gasteiger partial charge on any atom is 0.225 e. The minimum Gasteiger partial charge on any atom is -0.379 e. The number of morpholine rings is 1. The normalized spacial score (nSPS) is 20.8. The fraction of sp³-hybridized carbons (Fsp3) is 0.619. The average molecular weight is 370 g/mol. The molecule has 27 heavy (non-hydrogen) atoms. The summed E-state index contributed by atoms with van der Waals surface area (Å²) in [7, 11) is 0. The Balaban J connectivity index is 1.60. The molecule has 2 aliphatic rings. The van der Waals surface area contributed by atoms with Crippen LogP contribution in [-0.2, 0) is 16.0 Å². The summed E-state index contributed by atoms with van der Waals surface area (Å²) in [6.45, 7) is 11.0. The first-order chi connectivity index (χ1) is 12.9. The van der Waals surface area contributed by atoms with Gasteiger partial charge in [-0.15, -0.1) is 0 Å². The number of nitrogens with zero attached hydrogens (tertiary/aromatic N) is 3. The van der Waals surface area contributed by atoms with Gasteiger partial charge in [-0.25, -0.2) is 10.0 Å². The number of ether oxygens (including phenoxy) is 1. The van der Waals surface area contributed by atoms with Gasteiger partial charge in [-0.2, -0.15) is 5.26 Å². The molecule has 0 bridgehead atoms. The van der Waals surface area contributed by atoms with Crippen LogP contribution in [0, 0.1) is 32.1 Å². The number of aryl methyl sites for hydroxylation is 3. The number of carbonyl (C=O) groups excluding carboxylic acids is 1. The van der Waals surface area contributed by atoms with Crippen LogP contribution in [0.15, 0.2) is 12.1 Å². The Hall–Kier alpha value is -1.94. The van der Waals surface area contributed by atoms with Gasteiger partial charge in [0.05, 0.1) is 25.7 Å². The molecule has 0 saturated carbocycles. The predicted octanol–water partition coefficient (Wildman–Crippen LogP) is 1.88. The Morgan fingerprint density at radius 2 is 1.67 bits per heavy atom. The van der Waals surface area contributed by atoms with E-state index >= 15 is 0 Å². The van der Waals surface area contributed by atoms with Crippen LogP contribution in [0.4, 0.5) is 0 Å². The summed E-state index contributed by atoms with van der Waals surface area (Å²) in [5.41, 5.74) is 3.79. The van der Waals surface area contributed by atoms with Gasteiger partial charge in [0.15, 0.2) is 0 Å². The molecule has 1 aromatic carbocycles. The zero-order valence-electron chi connectivity index (χ0n) is 16.7. The van der Waals surface area contributed by atoms with Gasteiger partial charge in [-0.05, 0) is 50.3 Å². The molecule has 0 atom stereocenters. The smallest absolute Gasteiger partial charge is 0.225 e. The minimum absolute atomic E-state index is 0.0635. The topological polar surface area (TPSA) is 68.6 Å². The number of amides is 1. The van der Waals surface area contributed by atoms with Crippen molar-refractivity contribution < 1.29 is 9.53 Å². The Labute approximate surface area is 162 Å². The first-order valence-corrected chi connectivity index (χ1v) is 9.79. The molecule has 0 radical (unpaired) electrons. The van der Waals surface area contributed by atoms with Crippen LogP contribution in [-0.4, -0.2) is 60.9 Å². The highest BCUT2D eigenvalue weighted by Crippen LogP contribution is 2.24. The maximum atomic E-state index is 12.7. The van der Waals surface area contributed by atoms with Crippen molar-refractivity contribution in [1.82, 2.24) is 15.3 Å². The lowest BCUT2D eigenvalue weighted by Crippen LogP contribution is -2.59. The maximum absolute atomic E-state index is 12.7. The number of carbonyl (C=O) groups is 1. The minimum atomic E-state index is -0.758. The molecule has 2 aliphatic heterocycles. The van der Waals surface area contributed by atoms with Crippen LogP contribution >= 0.6 is 0 Å². The van der Waals surface area contributed by atoms with Crippen molar-refractivity contribution in [2.75, 3.05) is 39.4 Å². The molecule has 2 saturated heterocycles. The largest absolute Gasteiger partial charge is 0.379 e. The summed E-state index contributed by atoms with van der Waals surface area (Å²) in [5.74, 6) is -0.0635. The monoisotopic (exact) mass is 370 g/mol. The summed E-state index contributed by atoms with van der Waals surface area (Å²) >= 11 is 0. The first-order valence-electron chi connectivity index (χ1n) is 9.79. The van der Waals surface area contributed by atoms with E-state index in [2.05, 4.69) is 40.5 Å². The molecular weight excluding hydrogens is 340 g/mol. The third-order valence-corrected chi connectivity index (χ3v) is 5.75. The van der Waals surface area contributed by atoms with Crippen LogP contribution in [0.25, 0.3) is 0 Å². The molecule has 0 spiro atoms. The van der Waals surface area contributed by atoms with Crippen molar-refractivity contribution in [3.05, 3.63) is 34.4 Å². The molecule has 1 N–H and O–H groups in total. The van der Waals surface area contributed by atoms with E-state index < -0.39 is 5.54 Å². The van der Waals surface area contributed by atoms with Gasteiger partial charge in [-0.3, -0.25) is 4.79 Å². The second-order valence-corrected chi connectivity index (χ2v) is 7.82. The van der Waals surface area contributed by atoms with Crippen LogP contribution in [0.2, 0.25) is 0 Å². The van der Waals surface area contributed by atoms with Crippen molar-refractivity contribution in [3.8, 4) is 6.07 Å². The number of hydrogen-bond acceptors (Lipinski definition) is 5. The van der Waals surface area contributed by atoms with Gasteiger partial charge < -0.3 is 10.1 Å². The molecule has 6 heteroatoms. The van der Waals surface area contributed by atoms with E-state index in [1.165, 1.54) is 5.56 Å². The number of hydrogen-bond donors (Lipinski definition) is 1. The molecule has 6 nitrogen and oxygen atoms in total. The van der Waals surface area contributed by atoms with E-state index in [1.54, 1.807) is 0 Å². The third kappa shape index (κ3) is 4.67. The number of piperidine rings is 1. The molecule has 2 heterocycles. The molecule has 2 fully saturated rings. The lowest BCUT2D eigenvalue weighted by atomic mass is 9.88. The standard InChI is InChI=1S/C21H30N4O2/c1-16-12-17(2)19(18(3)13-16)14-20(26)23-21(15-22)4-6-24(7-5-21)25-8-10-27-11-9-25/h12-13H,4-11,14H2,1-3H3,(H,23,26). The van der Waals surface area contributed by atoms with Gasteiger partial charge in [-0.1, -0.05) is 17.7 Å². The molecule has 146 valence electrons. The van der Waals surface area contributed by atoms with Gasteiger partial charge in [0.1, 0.15) is 5.54 Å². The predicted molar refractivity (Wildman–Crippen MR) is 104 cm³/mol. The Bertz CT molecular complexity index is 703. The van der Waals surface area contributed by atoms with Crippen LogP contribution in [0.1, 0.15) is 35.1 Å². The summed E-state index contributed by atoms with van der Waals surface area (Å²) < 4.78 is 5.41. The molecule has 0 aromatic heterocycles. The van der Waals surface area contributed by atoms with E-state index in [0.29, 0.717) is 19.3 Å². The van der Waals surface area contributed by atoms with Crippen LogP contribution < -0.4 is 5.32 Å². The number of benzene rings is 1. The van der Waals surface area contributed by atoms with Crippen molar-refractivity contribution in [3.63, 3.8) is 0 Å². The Morgan fingerprint density at radius 3 is 2.22 bits per heavy atom. The fourth-order valence-electron chi connectivity index (χ4n) is 4.22. The Kier molecular flexibility index (Phi) is 6.15. The number of nitrogens with one attached hydrogen (secondary N) is 1. The molecule has 3 rings (SSSR count). The second kappa shape index (κ2) is 8.39. The number of rotatable bonds is 4. The lowest BCUT2D eigenvalue weighted by molar-refractivity contribution is -0.125. The SMILES string of the molecule is Cc1cc(C)c(CC(=O)NC2(C#N)CCN(N3CCOCC3)CC2)c(C)c1. The first kappa shape index (κ1) is 19.8. The highest BCUT2D eigenvalue weighted by Gasteiger charge is 2.37. The summed E-state index contributed by atoms with van der Waals surface area (Å²) in [6, 6.07) is 6.61. The molecular formula is C21H30N4O2. The van der Waals surface area contributed by atoms with E-state index in [0.717, 1.165) is 56.1 Å². The van der Waals surface area contributed by atoms with Gasteiger partial charge in [0, 0.05) is 26.2 Å². The van der Waals surface area contributed by atoms with Gasteiger partial charge in [0.25, 0.3) is 0 Å². The van der Waals surface area contributed by atoms with Crippen LogP contribution in [0.5, 0.6) is 0 Å². The van der Waals surface area contributed by atoms with Crippen molar-refractivity contribution in [2.45, 2.75) is 45.6 Å². The second-order valence-electron chi connectivity index (χ2n) is 7.82. The van der Waals surface area contributed by atoms with E-state index in [4.69, 9.17) is 4.74 Å². The zero-order chi connectivity index (χ0) is 19.4. The van der Waals surface area contributed by atoms with Gasteiger partial charge >= 0.3 is 0 Å². The summed E-state index contributed by atoms with van der Waals surface area (Å²) in [4.78, 5) is 12.7. The van der Waals surface area contributed by atoms with Crippen molar-refractivity contribution >= 4 is 5.91 Å².